The molecule has 15 heavy (non-hydrogen) atoms. The van der Waals surface area contributed by atoms with Crippen LogP contribution in [-0.4, -0.2) is 6.10 Å². The summed E-state index contributed by atoms with van der Waals surface area (Å²) in [6, 6.07) is 8.10. The molecule has 1 aliphatic carbocycles. The second kappa shape index (κ2) is 5.02. The van der Waals surface area contributed by atoms with Gasteiger partial charge in [-0.3, -0.25) is 0 Å². The molecule has 1 fully saturated rings. The van der Waals surface area contributed by atoms with Crippen molar-refractivity contribution < 1.29 is 4.74 Å². The lowest BCUT2D eigenvalue weighted by Crippen LogP contribution is -2.28. The van der Waals surface area contributed by atoms with Crippen molar-refractivity contribution >= 4 is 15.9 Å². The normalized spacial score (nSPS) is 26.3. The van der Waals surface area contributed by atoms with Gasteiger partial charge in [0, 0.05) is 0 Å². The van der Waals surface area contributed by atoms with Gasteiger partial charge in [-0.2, -0.15) is 0 Å². The van der Waals surface area contributed by atoms with Crippen LogP contribution in [0.5, 0.6) is 5.75 Å². The minimum atomic E-state index is 0.400. The molecule has 2 rings (SSSR count). The molecule has 1 saturated carbocycles. The molecule has 0 heterocycles. The Morgan fingerprint density at radius 2 is 1.93 bits per heavy atom. The molecule has 2 atom stereocenters. The maximum atomic E-state index is 6.05. The molecule has 0 spiro atoms. The minimum Gasteiger partial charge on any atom is -0.489 e. The summed E-state index contributed by atoms with van der Waals surface area (Å²) in [5.74, 6) is 1.67. The molecular weight excluding hydrogens is 252 g/mol. The van der Waals surface area contributed by atoms with Gasteiger partial charge in [0.25, 0.3) is 0 Å². The lowest BCUT2D eigenvalue weighted by molar-refractivity contribution is 0.102. The third-order valence-corrected chi connectivity index (χ3v) is 3.80. The van der Waals surface area contributed by atoms with Crippen molar-refractivity contribution in [3.05, 3.63) is 28.7 Å². The fraction of sp³-hybridized carbons (Fsp3) is 0.538. The van der Waals surface area contributed by atoms with Crippen LogP contribution in [-0.2, 0) is 0 Å². The standard InChI is InChI=1S/C13H17BrO/c1-10-6-2-4-8-12(10)15-13-9-5-3-7-11(13)14/h3,5,7,9-10,12H,2,4,6,8H2,1H3. The number of hydrogen-bond acceptors (Lipinski definition) is 1. The zero-order valence-electron chi connectivity index (χ0n) is 9.08. The molecule has 1 aliphatic rings. The van der Waals surface area contributed by atoms with Crippen LogP contribution in [0.3, 0.4) is 0 Å². The van der Waals surface area contributed by atoms with Gasteiger partial charge >= 0.3 is 0 Å². The van der Waals surface area contributed by atoms with Gasteiger partial charge in [-0.25, -0.2) is 0 Å². The summed E-state index contributed by atoms with van der Waals surface area (Å²) in [6.45, 7) is 2.29. The van der Waals surface area contributed by atoms with Gasteiger partial charge in [0.1, 0.15) is 11.9 Å². The van der Waals surface area contributed by atoms with E-state index >= 15 is 0 Å². The predicted molar refractivity (Wildman–Crippen MR) is 66.2 cm³/mol. The number of hydrogen-bond donors (Lipinski definition) is 0. The van der Waals surface area contributed by atoms with E-state index < -0.39 is 0 Å². The zero-order valence-corrected chi connectivity index (χ0v) is 10.7. The smallest absolute Gasteiger partial charge is 0.133 e. The van der Waals surface area contributed by atoms with Crippen molar-refractivity contribution in [2.24, 2.45) is 5.92 Å². The monoisotopic (exact) mass is 268 g/mol. The van der Waals surface area contributed by atoms with Crippen molar-refractivity contribution in [1.29, 1.82) is 0 Å². The highest BCUT2D eigenvalue weighted by Crippen LogP contribution is 2.31. The van der Waals surface area contributed by atoms with E-state index in [0.29, 0.717) is 12.0 Å². The van der Waals surface area contributed by atoms with Crippen LogP contribution >= 0.6 is 15.9 Å². The molecule has 2 heteroatoms. The number of benzene rings is 1. The minimum absolute atomic E-state index is 0.400. The largest absolute Gasteiger partial charge is 0.489 e. The van der Waals surface area contributed by atoms with Gasteiger partial charge in [0.15, 0.2) is 0 Å². The molecule has 0 saturated heterocycles. The van der Waals surface area contributed by atoms with Crippen LogP contribution in [0.1, 0.15) is 32.6 Å². The zero-order chi connectivity index (χ0) is 10.7. The summed E-state index contributed by atoms with van der Waals surface area (Å²) < 4.78 is 7.11. The number of ether oxygens (including phenoxy) is 1. The van der Waals surface area contributed by atoms with Crippen molar-refractivity contribution in [3.63, 3.8) is 0 Å². The van der Waals surface area contributed by atoms with E-state index in [4.69, 9.17) is 4.74 Å². The lowest BCUT2D eigenvalue weighted by Gasteiger charge is -2.29. The summed E-state index contributed by atoms with van der Waals surface area (Å²) in [6.07, 6.45) is 5.56. The van der Waals surface area contributed by atoms with Gasteiger partial charge in [-0.05, 0) is 53.2 Å². The predicted octanol–water partition coefficient (Wildman–Crippen LogP) is 4.41. The molecule has 0 aliphatic heterocycles. The Morgan fingerprint density at radius 3 is 2.67 bits per heavy atom. The van der Waals surface area contributed by atoms with Crippen molar-refractivity contribution in [2.45, 2.75) is 38.7 Å². The molecule has 0 aromatic heterocycles. The average molecular weight is 269 g/mol. The molecule has 0 amide bonds. The lowest BCUT2D eigenvalue weighted by atomic mass is 9.88. The fourth-order valence-corrected chi connectivity index (χ4v) is 2.54. The van der Waals surface area contributed by atoms with E-state index in [0.717, 1.165) is 10.2 Å². The molecule has 82 valence electrons. The second-order valence-corrected chi connectivity index (χ2v) is 5.20. The van der Waals surface area contributed by atoms with Crippen LogP contribution < -0.4 is 4.74 Å². The van der Waals surface area contributed by atoms with Crippen LogP contribution in [0.25, 0.3) is 0 Å². The van der Waals surface area contributed by atoms with Crippen LogP contribution in [0, 0.1) is 5.92 Å². The first-order chi connectivity index (χ1) is 7.27. The van der Waals surface area contributed by atoms with Crippen LogP contribution in [0.2, 0.25) is 0 Å². The third kappa shape index (κ3) is 2.75. The Kier molecular flexibility index (Phi) is 3.68. The van der Waals surface area contributed by atoms with E-state index in [2.05, 4.69) is 22.9 Å². The molecule has 2 unspecified atom stereocenters. The van der Waals surface area contributed by atoms with Crippen LogP contribution in [0.4, 0.5) is 0 Å². The summed E-state index contributed by atoms with van der Waals surface area (Å²) >= 11 is 3.52. The first-order valence-electron chi connectivity index (χ1n) is 5.68. The first kappa shape index (κ1) is 11.0. The highest BCUT2D eigenvalue weighted by molar-refractivity contribution is 9.10. The van der Waals surface area contributed by atoms with E-state index in [1.807, 2.05) is 24.3 Å². The molecule has 1 nitrogen and oxygen atoms in total. The van der Waals surface area contributed by atoms with Crippen molar-refractivity contribution in [1.82, 2.24) is 0 Å². The van der Waals surface area contributed by atoms with E-state index in [-0.39, 0.29) is 0 Å². The van der Waals surface area contributed by atoms with Crippen LogP contribution in [0.15, 0.2) is 28.7 Å². The Balaban J connectivity index is 2.04. The second-order valence-electron chi connectivity index (χ2n) is 4.35. The first-order valence-corrected chi connectivity index (χ1v) is 6.48. The maximum absolute atomic E-state index is 6.05. The van der Waals surface area contributed by atoms with E-state index in [9.17, 15) is 0 Å². The topological polar surface area (TPSA) is 9.23 Å². The van der Waals surface area contributed by atoms with E-state index in [1.165, 1.54) is 25.7 Å². The Morgan fingerprint density at radius 1 is 1.20 bits per heavy atom. The highest BCUT2D eigenvalue weighted by atomic mass is 79.9. The molecule has 0 bridgehead atoms. The fourth-order valence-electron chi connectivity index (χ4n) is 2.16. The van der Waals surface area contributed by atoms with Crippen molar-refractivity contribution in [3.8, 4) is 5.75 Å². The molecule has 0 N–H and O–H groups in total. The summed E-state index contributed by atoms with van der Waals surface area (Å²) in [5, 5.41) is 0. The summed E-state index contributed by atoms with van der Waals surface area (Å²) in [4.78, 5) is 0. The Labute approximate surface area is 100.0 Å². The summed E-state index contributed by atoms with van der Waals surface area (Å²) in [5.41, 5.74) is 0. The van der Waals surface area contributed by atoms with Gasteiger partial charge in [-0.1, -0.05) is 25.5 Å². The van der Waals surface area contributed by atoms with Gasteiger partial charge in [0.05, 0.1) is 4.47 Å². The van der Waals surface area contributed by atoms with Crippen molar-refractivity contribution in [2.75, 3.05) is 0 Å². The van der Waals surface area contributed by atoms with Gasteiger partial charge in [0.2, 0.25) is 0 Å². The Hall–Kier alpha value is -0.500. The summed E-state index contributed by atoms with van der Waals surface area (Å²) in [7, 11) is 0. The highest BCUT2D eigenvalue weighted by Gasteiger charge is 2.23. The Bertz CT molecular complexity index is 324. The molecule has 0 radical (unpaired) electrons. The number of rotatable bonds is 2. The molecule has 1 aromatic carbocycles. The SMILES string of the molecule is CC1CCCCC1Oc1ccccc1Br. The third-order valence-electron chi connectivity index (χ3n) is 3.15. The quantitative estimate of drug-likeness (QED) is 0.772. The number of para-hydroxylation sites is 1. The van der Waals surface area contributed by atoms with Gasteiger partial charge in [-0.15, -0.1) is 0 Å². The average Bonchev–Trinajstić information content (AvgIpc) is 2.24. The maximum Gasteiger partial charge on any atom is 0.133 e. The van der Waals surface area contributed by atoms with Gasteiger partial charge < -0.3 is 4.74 Å². The van der Waals surface area contributed by atoms with E-state index in [1.54, 1.807) is 0 Å². The molecule has 1 aromatic rings. The molecular formula is C13H17BrO. The number of halogens is 1.